The number of carbonyl (C=O) groups is 1. The van der Waals surface area contributed by atoms with E-state index in [2.05, 4.69) is 43.6 Å². The quantitative estimate of drug-likeness (QED) is 0.858. The molecular weight excluding hydrogens is 312 g/mol. The molecule has 0 spiro atoms. The zero-order valence-electron chi connectivity index (χ0n) is 14.9. The Morgan fingerprint density at radius 2 is 1.92 bits per heavy atom. The summed E-state index contributed by atoms with van der Waals surface area (Å²) >= 11 is 0. The average Bonchev–Trinajstić information content (AvgIpc) is 3.06. The topological polar surface area (TPSA) is 41.4 Å². The van der Waals surface area contributed by atoms with Crippen LogP contribution in [-0.2, 0) is 31.2 Å². The molecule has 1 aromatic carbocycles. The van der Waals surface area contributed by atoms with Gasteiger partial charge in [-0.15, -0.1) is 0 Å². The van der Waals surface area contributed by atoms with Crippen LogP contribution in [0.15, 0.2) is 36.7 Å². The van der Waals surface area contributed by atoms with Crippen LogP contribution in [-0.4, -0.2) is 51.4 Å². The molecule has 1 aliphatic carbocycles. The van der Waals surface area contributed by atoms with Gasteiger partial charge in [0.05, 0.1) is 6.54 Å². The third kappa shape index (κ3) is 3.47. The van der Waals surface area contributed by atoms with Crippen molar-refractivity contribution in [3.8, 4) is 0 Å². The maximum Gasteiger partial charge on any atom is 0.226 e. The summed E-state index contributed by atoms with van der Waals surface area (Å²) in [4.78, 5) is 21.8. The predicted octanol–water partition coefficient (Wildman–Crippen LogP) is 1.87. The number of amides is 1. The van der Waals surface area contributed by atoms with E-state index >= 15 is 0 Å². The van der Waals surface area contributed by atoms with E-state index in [1.165, 1.54) is 11.1 Å². The first-order valence-corrected chi connectivity index (χ1v) is 9.25. The van der Waals surface area contributed by atoms with Crippen LogP contribution in [0.3, 0.4) is 0 Å². The number of piperazine rings is 1. The highest BCUT2D eigenvalue weighted by atomic mass is 16.2. The Kier molecular flexibility index (Phi) is 4.57. The van der Waals surface area contributed by atoms with Crippen molar-refractivity contribution in [2.24, 2.45) is 13.0 Å². The van der Waals surface area contributed by atoms with Gasteiger partial charge in [0.25, 0.3) is 0 Å². The fourth-order valence-corrected chi connectivity index (χ4v) is 4.04. The summed E-state index contributed by atoms with van der Waals surface area (Å²) in [6.45, 7) is 4.40. The number of hydrogen-bond acceptors (Lipinski definition) is 3. The van der Waals surface area contributed by atoms with Crippen LogP contribution < -0.4 is 0 Å². The summed E-state index contributed by atoms with van der Waals surface area (Å²) < 4.78 is 2.07. The van der Waals surface area contributed by atoms with Gasteiger partial charge in [0.2, 0.25) is 5.91 Å². The van der Waals surface area contributed by atoms with Crippen LogP contribution >= 0.6 is 0 Å². The van der Waals surface area contributed by atoms with Crippen molar-refractivity contribution in [1.82, 2.24) is 19.4 Å². The highest BCUT2D eigenvalue weighted by Gasteiger charge is 2.30. The van der Waals surface area contributed by atoms with Crippen molar-refractivity contribution in [1.29, 1.82) is 0 Å². The maximum atomic E-state index is 12.9. The first kappa shape index (κ1) is 16.3. The minimum Gasteiger partial charge on any atom is -0.340 e. The van der Waals surface area contributed by atoms with Gasteiger partial charge in [-0.05, 0) is 30.4 Å². The van der Waals surface area contributed by atoms with E-state index in [9.17, 15) is 4.79 Å². The molecule has 132 valence electrons. The standard InChI is InChI=1S/C20H26N4O/c1-22-9-8-21-19(22)15-23-10-12-24(13-11-23)20(25)18-7-6-16-4-2-3-5-17(16)14-18/h2-5,8-9,18H,6-7,10-15H2,1H3/t18-/m1/s1. The zero-order valence-corrected chi connectivity index (χ0v) is 14.9. The molecule has 1 amide bonds. The van der Waals surface area contributed by atoms with E-state index in [1.807, 2.05) is 19.4 Å². The van der Waals surface area contributed by atoms with Gasteiger partial charge in [-0.2, -0.15) is 0 Å². The molecule has 1 aliphatic heterocycles. The molecule has 0 bridgehead atoms. The number of rotatable bonds is 3. The van der Waals surface area contributed by atoms with Gasteiger partial charge >= 0.3 is 0 Å². The van der Waals surface area contributed by atoms with Crippen molar-refractivity contribution < 1.29 is 4.79 Å². The van der Waals surface area contributed by atoms with Crippen molar-refractivity contribution in [3.63, 3.8) is 0 Å². The Bertz CT molecular complexity index is 746. The minimum atomic E-state index is 0.163. The number of carbonyl (C=O) groups excluding carboxylic acids is 1. The van der Waals surface area contributed by atoms with Gasteiger partial charge < -0.3 is 9.47 Å². The normalized spacial score (nSPS) is 21.2. The summed E-state index contributed by atoms with van der Waals surface area (Å²) in [5, 5.41) is 0. The van der Waals surface area contributed by atoms with Crippen molar-refractivity contribution in [2.75, 3.05) is 26.2 Å². The summed E-state index contributed by atoms with van der Waals surface area (Å²) in [7, 11) is 2.03. The molecule has 0 N–H and O–H groups in total. The van der Waals surface area contributed by atoms with Crippen LogP contribution in [0.25, 0.3) is 0 Å². The summed E-state index contributed by atoms with van der Waals surface area (Å²) in [6.07, 6.45) is 6.75. The Morgan fingerprint density at radius 1 is 1.16 bits per heavy atom. The molecular formula is C20H26N4O. The second kappa shape index (κ2) is 7.00. The molecule has 5 nitrogen and oxygen atoms in total. The monoisotopic (exact) mass is 338 g/mol. The van der Waals surface area contributed by atoms with Gasteiger partial charge in [-0.3, -0.25) is 9.69 Å². The van der Waals surface area contributed by atoms with Crippen molar-refractivity contribution in [3.05, 3.63) is 53.6 Å². The second-order valence-electron chi connectivity index (χ2n) is 7.26. The number of benzene rings is 1. The fraction of sp³-hybridized carbons (Fsp3) is 0.500. The largest absolute Gasteiger partial charge is 0.340 e. The summed E-state index contributed by atoms with van der Waals surface area (Å²) in [6, 6.07) is 8.57. The number of aryl methyl sites for hydroxylation is 2. The number of imidazole rings is 1. The fourth-order valence-electron chi connectivity index (χ4n) is 4.04. The highest BCUT2D eigenvalue weighted by molar-refractivity contribution is 5.79. The molecule has 4 rings (SSSR count). The van der Waals surface area contributed by atoms with E-state index in [0.29, 0.717) is 5.91 Å². The molecule has 2 aromatic rings. The van der Waals surface area contributed by atoms with E-state index in [1.54, 1.807) is 0 Å². The Labute approximate surface area is 149 Å². The number of hydrogen-bond donors (Lipinski definition) is 0. The summed E-state index contributed by atoms with van der Waals surface area (Å²) in [5.74, 6) is 1.60. The lowest BCUT2D eigenvalue weighted by molar-refractivity contribution is -0.137. The van der Waals surface area contributed by atoms with Gasteiger partial charge in [-0.25, -0.2) is 4.98 Å². The van der Waals surface area contributed by atoms with Gasteiger partial charge in [-0.1, -0.05) is 24.3 Å². The lowest BCUT2D eigenvalue weighted by Gasteiger charge is -2.37. The number of aromatic nitrogens is 2. The SMILES string of the molecule is Cn1ccnc1CN1CCN(C(=O)[C@@H]2CCc3ccccc3C2)CC1. The molecule has 2 heterocycles. The van der Waals surface area contributed by atoms with Gasteiger partial charge in [0.15, 0.2) is 0 Å². The molecule has 5 heteroatoms. The first-order chi connectivity index (χ1) is 12.2. The van der Waals surface area contributed by atoms with Gasteiger partial charge in [0, 0.05) is 51.5 Å². The highest BCUT2D eigenvalue weighted by Crippen LogP contribution is 2.27. The van der Waals surface area contributed by atoms with Crippen LogP contribution in [0.2, 0.25) is 0 Å². The Hall–Kier alpha value is -2.14. The molecule has 2 aliphatic rings. The van der Waals surface area contributed by atoms with E-state index in [4.69, 9.17) is 0 Å². The maximum absolute atomic E-state index is 12.9. The predicted molar refractivity (Wildman–Crippen MR) is 97.0 cm³/mol. The second-order valence-corrected chi connectivity index (χ2v) is 7.26. The molecule has 1 aromatic heterocycles. The summed E-state index contributed by atoms with van der Waals surface area (Å²) in [5.41, 5.74) is 2.78. The third-order valence-corrected chi connectivity index (χ3v) is 5.67. The third-order valence-electron chi connectivity index (χ3n) is 5.67. The lowest BCUT2D eigenvalue weighted by Crippen LogP contribution is -2.50. The van der Waals surface area contributed by atoms with Gasteiger partial charge in [0.1, 0.15) is 5.82 Å². The molecule has 1 fully saturated rings. The molecule has 0 saturated carbocycles. The average molecular weight is 338 g/mol. The zero-order chi connectivity index (χ0) is 17.2. The number of nitrogens with zero attached hydrogens (tertiary/aromatic N) is 4. The lowest BCUT2D eigenvalue weighted by atomic mass is 9.83. The van der Waals surface area contributed by atoms with Crippen molar-refractivity contribution >= 4 is 5.91 Å². The molecule has 0 unspecified atom stereocenters. The minimum absolute atomic E-state index is 0.163. The Morgan fingerprint density at radius 3 is 2.64 bits per heavy atom. The van der Waals surface area contributed by atoms with E-state index in [-0.39, 0.29) is 5.92 Å². The van der Waals surface area contributed by atoms with E-state index < -0.39 is 0 Å². The van der Waals surface area contributed by atoms with E-state index in [0.717, 1.165) is 57.8 Å². The van der Waals surface area contributed by atoms with Crippen molar-refractivity contribution in [2.45, 2.75) is 25.8 Å². The Balaban J connectivity index is 1.32. The number of fused-ring (bicyclic) bond motifs is 1. The smallest absolute Gasteiger partial charge is 0.226 e. The molecule has 1 saturated heterocycles. The van der Waals surface area contributed by atoms with Crippen LogP contribution in [0.5, 0.6) is 0 Å². The van der Waals surface area contributed by atoms with Crippen LogP contribution in [0.1, 0.15) is 23.4 Å². The molecule has 0 radical (unpaired) electrons. The molecule has 25 heavy (non-hydrogen) atoms. The van der Waals surface area contributed by atoms with Crippen LogP contribution in [0, 0.1) is 5.92 Å². The first-order valence-electron chi connectivity index (χ1n) is 9.25. The van der Waals surface area contributed by atoms with Crippen LogP contribution in [0.4, 0.5) is 0 Å². The molecule has 1 atom stereocenters.